The van der Waals surface area contributed by atoms with Gasteiger partial charge in [-0.2, -0.15) is 0 Å². The van der Waals surface area contributed by atoms with Gasteiger partial charge in [0.15, 0.2) is 0 Å². The summed E-state index contributed by atoms with van der Waals surface area (Å²) in [6, 6.07) is 7.56. The van der Waals surface area contributed by atoms with Crippen LogP contribution < -0.4 is 10.6 Å². The normalized spacial score (nSPS) is 16.1. The number of hydrogen-bond acceptors (Lipinski definition) is 3. The number of benzene rings is 1. The number of anilines is 1. The fourth-order valence-corrected chi connectivity index (χ4v) is 2.44. The van der Waals surface area contributed by atoms with Crippen LogP contribution in [-0.4, -0.2) is 50.3 Å². The lowest BCUT2D eigenvalue weighted by Gasteiger charge is -2.26. The molecular weight excluding hydrogens is 357 g/mol. The molecule has 0 saturated carbocycles. The molecule has 2 rings (SSSR count). The van der Waals surface area contributed by atoms with Crippen LogP contribution in [0.4, 0.5) is 10.5 Å². The zero-order valence-electron chi connectivity index (χ0n) is 10.7. The second kappa shape index (κ2) is 7.66. The SMILES string of the molecule is O=C(NCCN1CCOCC1)Nc1cccc(I)c1. The number of carbonyl (C=O) groups is 1. The van der Waals surface area contributed by atoms with Crippen molar-refractivity contribution in [1.82, 2.24) is 10.2 Å². The second-order valence-electron chi connectivity index (χ2n) is 4.35. The van der Waals surface area contributed by atoms with Gasteiger partial charge in [-0.15, -0.1) is 0 Å². The molecule has 2 amide bonds. The van der Waals surface area contributed by atoms with Gasteiger partial charge < -0.3 is 15.4 Å². The zero-order valence-corrected chi connectivity index (χ0v) is 12.9. The quantitative estimate of drug-likeness (QED) is 0.789. The van der Waals surface area contributed by atoms with E-state index >= 15 is 0 Å². The maximum atomic E-state index is 11.7. The van der Waals surface area contributed by atoms with Gasteiger partial charge in [0.25, 0.3) is 0 Å². The Kier molecular flexibility index (Phi) is 5.87. The van der Waals surface area contributed by atoms with Crippen LogP contribution in [0, 0.1) is 3.57 Å². The number of nitrogens with one attached hydrogen (secondary N) is 2. The van der Waals surface area contributed by atoms with Crippen molar-refractivity contribution in [2.75, 3.05) is 44.7 Å². The van der Waals surface area contributed by atoms with Crippen LogP contribution >= 0.6 is 22.6 Å². The average Bonchev–Trinajstić information content (AvgIpc) is 2.40. The Bertz CT molecular complexity index is 422. The van der Waals surface area contributed by atoms with Crippen LogP contribution in [0.2, 0.25) is 0 Å². The smallest absolute Gasteiger partial charge is 0.319 e. The first-order chi connectivity index (χ1) is 9.24. The van der Waals surface area contributed by atoms with Crippen molar-refractivity contribution in [3.8, 4) is 0 Å². The van der Waals surface area contributed by atoms with Crippen LogP contribution in [0.5, 0.6) is 0 Å². The van der Waals surface area contributed by atoms with E-state index < -0.39 is 0 Å². The number of morpholine rings is 1. The number of urea groups is 1. The monoisotopic (exact) mass is 375 g/mol. The predicted octanol–water partition coefficient (Wildman–Crippen LogP) is 1.74. The van der Waals surface area contributed by atoms with Crippen molar-refractivity contribution in [3.63, 3.8) is 0 Å². The van der Waals surface area contributed by atoms with E-state index in [2.05, 4.69) is 38.1 Å². The highest BCUT2D eigenvalue weighted by Gasteiger charge is 2.10. The molecular formula is C13H18IN3O2. The molecule has 5 nitrogen and oxygen atoms in total. The third-order valence-corrected chi connectivity index (χ3v) is 3.57. The number of halogens is 1. The van der Waals surface area contributed by atoms with Gasteiger partial charge in [0.2, 0.25) is 0 Å². The van der Waals surface area contributed by atoms with Crippen LogP contribution in [0.25, 0.3) is 0 Å². The highest BCUT2D eigenvalue weighted by atomic mass is 127. The van der Waals surface area contributed by atoms with E-state index in [1.54, 1.807) is 0 Å². The molecule has 0 spiro atoms. The molecule has 1 aromatic rings. The average molecular weight is 375 g/mol. The lowest BCUT2D eigenvalue weighted by Crippen LogP contribution is -2.42. The molecule has 6 heteroatoms. The molecule has 19 heavy (non-hydrogen) atoms. The molecule has 0 atom stereocenters. The molecule has 0 aromatic heterocycles. The number of hydrogen-bond donors (Lipinski definition) is 2. The van der Waals surface area contributed by atoms with Gasteiger partial charge >= 0.3 is 6.03 Å². The molecule has 1 saturated heterocycles. The molecule has 1 fully saturated rings. The minimum Gasteiger partial charge on any atom is -0.379 e. The van der Waals surface area contributed by atoms with Gasteiger partial charge in [-0.1, -0.05) is 6.07 Å². The van der Waals surface area contributed by atoms with Gasteiger partial charge in [-0.3, -0.25) is 4.90 Å². The van der Waals surface area contributed by atoms with E-state index in [4.69, 9.17) is 4.74 Å². The summed E-state index contributed by atoms with van der Waals surface area (Å²) in [7, 11) is 0. The molecule has 1 heterocycles. The summed E-state index contributed by atoms with van der Waals surface area (Å²) in [6.45, 7) is 4.97. The Morgan fingerprint density at radius 3 is 2.89 bits per heavy atom. The van der Waals surface area contributed by atoms with Crippen LogP contribution in [-0.2, 0) is 4.74 Å². The van der Waals surface area contributed by atoms with Crippen LogP contribution in [0.1, 0.15) is 0 Å². The Morgan fingerprint density at radius 1 is 1.37 bits per heavy atom. The van der Waals surface area contributed by atoms with E-state index in [1.165, 1.54) is 0 Å². The van der Waals surface area contributed by atoms with Gasteiger partial charge in [0, 0.05) is 35.4 Å². The summed E-state index contributed by atoms with van der Waals surface area (Å²) in [5, 5.41) is 5.69. The standard InChI is InChI=1S/C13H18IN3O2/c14-11-2-1-3-12(10-11)16-13(18)15-4-5-17-6-8-19-9-7-17/h1-3,10H,4-9H2,(H2,15,16,18). The molecule has 0 bridgehead atoms. The van der Waals surface area contributed by atoms with E-state index in [-0.39, 0.29) is 6.03 Å². The predicted molar refractivity (Wildman–Crippen MR) is 83.4 cm³/mol. The van der Waals surface area contributed by atoms with Crippen molar-refractivity contribution in [1.29, 1.82) is 0 Å². The van der Waals surface area contributed by atoms with Gasteiger partial charge in [0.1, 0.15) is 0 Å². The lowest BCUT2D eigenvalue weighted by atomic mass is 10.3. The third kappa shape index (κ3) is 5.33. The summed E-state index contributed by atoms with van der Waals surface area (Å²) in [5.74, 6) is 0. The Hall–Kier alpha value is -0.860. The second-order valence-corrected chi connectivity index (χ2v) is 5.59. The number of ether oxygens (including phenoxy) is 1. The molecule has 0 radical (unpaired) electrons. The minimum atomic E-state index is -0.157. The first-order valence-electron chi connectivity index (χ1n) is 6.34. The van der Waals surface area contributed by atoms with E-state index in [0.717, 1.165) is 42.1 Å². The number of carbonyl (C=O) groups excluding carboxylic acids is 1. The van der Waals surface area contributed by atoms with Crippen molar-refractivity contribution in [2.24, 2.45) is 0 Å². The molecule has 2 N–H and O–H groups in total. The number of amides is 2. The van der Waals surface area contributed by atoms with Crippen LogP contribution in [0.15, 0.2) is 24.3 Å². The topological polar surface area (TPSA) is 53.6 Å². The highest BCUT2D eigenvalue weighted by Crippen LogP contribution is 2.11. The number of nitrogens with zero attached hydrogens (tertiary/aromatic N) is 1. The first-order valence-corrected chi connectivity index (χ1v) is 7.42. The van der Waals surface area contributed by atoms with Gasteiger partial charge in [-0.25, -0.2) is 4.79 Å². The van der Waals surface area contributed by atoms with Crippen molar-refractivity contribution >= 4 is 34.3 Å². The largest absolute Gasteiger partial charge is 0.379 e. The number of rotatable bonds is 4. The summed E-state index contributed by atoms with van der Waals surface area (Å²) >= 11 is 2.22. The zero-order chi connectivity index (χ0) is 13.5. The van der Waals surface area contributed by atoms with E-state index in [9.17, 15) is 4.79 Å². The molecule has 0 aliphatic carbocycles. The summed E-state index contributed by atoms with van der Waals surface area (Å²) in [5.41, 5.74) is 0.816. The Balaban J connectivity index is 1.67. The Labute approximate surface area is 126 Å². The fraction of sp³-hybridized carbons (Fsp3) is 0.462. The molecule has 0 unspecified atom stereocenters. The van der Waals surface area contributed by atoms with Crippen molar-refractivity contribution in [3.05, 3.63) is 27.8 Å². The first kappa shape index (κ1) is 14.5. The summed E-state index contributed by atoms with van der Waals surface area (Å²) in [4.78, 5) is 14.0. The van der Waals surface area contributed by atoms with Crippen molar-refractivity contribution in [2.45, 2.75) is 0 Å². The lowest BCUT2D eigenvalue weighted by molar-refractivity contribution is 0.0388. The minimum absolute atomic E-state index is 0.157. The summed E-state index contributed by atoms with van der Waals surface area (Å²) < 4.78 is 6.38. The van der Waals surface area contributed by atoms with E-state index in [1.807, 2.05) is 24.3 Å². The maximum absolute atomic E-state index is 11.7. The molecule has 1 aliphatic heterocycles. The molecule has 1 aromatic carbocycles. The highest BCUT2D eigenvalue weighted by molar-refractivity contribution is 14.1. The van der Waals surface area contributed by atoms with E-state index in [0.29, 0.717) is 6.54 Å². The molecule has 1 aliphatic rings. The van der Waals surface area contributed by atoms with Gasteiger partial charge in [0.05, 0.1) is 13.2 Å². The van der Waals surface area contributed by atoms with Crippen molar-refractivity contribution < 1.29 is 9.53 Å². The maximum Gasteiger partial charge on any atom is 0.319 e. The fourth-order valence-electron chi connectivity index (χ4n) is 1.89. The molecule has 104 valence electrons. The Morgan fingerprint density at radius 2 is 2.16 bits per heavy atom. The third-order valence-electron chi connectivity index (χ3n) is 2.90. The van der Waals surface area contributed by atoms with Crippen LogP contribution in [0.3, 0.4) is 0 Å². The van der Waals surface area contributed by atoms with Gasteiger partial charge in [-0.05, 0) is 40.8 Å². The summed E-state index contributed by atoms with van der Waals surface area (Å²) in [6.07, 6.45) is 0.